The molecule has 2 aromatic heterocycles. The average molecular weight is 264 g/mol. The number of nitrogens with zero attached hydrogens (tertiary/aromatic N) is 2. The van der Waals surface area contributed by atoms with Gasteiger partial charge in [-0.25, -0.2) is 9.78 Å². The molecule has 0 saturated carbocycles. The Morgan fingerprint density at radius 2 is 2.32 bits per heavy atom. The molecule has 19 heavy (non-hydrogen) atoms. The molecule has 1 amide bonds. The topological polar surface area (TPSA) is 121 Å². The van der Waals surface area contributed by atoms with E-state index in [1.165, 1.54) is 18.7 Å². The van der Waals surface area contributed by atoms with Crippen LogP contribution in [0, 0.1) is 6.92 Å². The van der Waals surface area contributed by atoms with Crippen molar-refractivity contribution in [2.45, 2.75) is 19.4 Å². The van der Waals surface area contributed by atoms with Crippen molar-refractivity contribution in [3.63, 3.8) is 0 Å². The van der Waals surface area contributed by atoms with Crippen molar-refractivity contribution in [3.05, 3.63) is 35.7 Å². The summed E-state index contributed by atoms with van der Waals surface area (Å²) in [5.41, 5.74) is 0.839. The maximum atomic E-state index is 11.9. The lowest BCUT2D eigenvalue weighted by Gasteiger charge is -2.12. The molecule has 1 atom stereocenters. The lowest BCUT2D eigenvalue weighted by atomic mass is 10.1. The van der Waals surface area contributed by atoms with Crippen LogP contribution in [0.5, 0.6) is 0 Å². The van der Waals surface area contributed by atoms with Crippen LogP contribution in [-0.4, -0.2) is 38.1 Å². The highest BCUT2D eigenvalue weighted by Gasteiger charge is 2.23. The van der Waals surface area contributed by atoms with Crippen molar-refractivity contribution in [1.29, 1.82) is 0 Å². The van der Waals surface area contributed by atoms with E-state index < -0.39 is 17.9 Å². The molecule has 0 spiro atoms. The number of nitrogens with one attached hydrogen (secondary N) is 2. The fraction of sp³-hybridized carbons (Fsp3) is 0.273. The second-order valence-electron chi connectivity index (χ2n) is 3.94. The molecule has 2 rings (SSSR count). The molecule has 0 fully saturated rings. The van der Waals surface area contributed by atoms with E-state index in [0.717, 1.165) is 0 Å². The van der Waals surface area contributed by atoms with Crippen LogP contribution in [0.2, 0.25) is 0 Å². The predicted octanol–water partition coefficient (Wildman–Crippen LogP) is 0.132. The summed E-state index contributed by atoms with van der Waals surface area (Å²) in [6, 6.07) is -1.05. The minimum Gasteiger partial charge on any atom is -0.480 e. The Labute approximate surface area is 107 Å². The van der Waals surface area contributed by atoms with Crippen LogP contribution in [0.15, 0.2) is 23.2 Å². The Balaban J connectivity index is 2.07. The van der Waals surface area contributed by atoms with Crippen LogP contribution in [0.3, 0.4) is 0 Å². The SMILES string of the molecule is Cc1oncc1C(=O)NC(Cc1cnc[nH]1)C(=O)O. The number of carboxylic acids is 1. The third-order valence-corrected chi connectivity index (χ3v) is 2.58. The van der Waals surface area contributed by atoms with Crippen LogP contribution >= 0.6 is 0 Å². The number of hydrogen-bond acceptors (Lipinski definition) is 5. The van der Waals surface area contributed by atoms with E-state index in [4.69, 9.17) is 9.63 Å². The largest absolute Gasteiger partial charge is 0.480 e. The van der Waals surface area contributed by atoms with Crippen LogP contribution in [0.1, 0.15) is 21.8 Å². The highest BCUT2D eigenvalue weighted by molar-refractivity contribution is 5.97. The molecular weight excluding hydrogens is 252 g/mol. The summed E-state index contributed by atoms with van der Waals surface area (Å²) in [6.45, 7) is 1.58. The van der Waals surface area contributed by atoms with Gasteiger partial charge < -0.3 is 19.9 Å². The molecule has 3 N–H and O–H groups in total. The van der Waals surface area contributed by atoms with E-state index in [1.54, 1.807) is 6.92 Å². The summed E-state index contributed by atoms with van der Waals surface area (Å²) in [4.78, 5) is 29.6. The van der Waals surface area contributed by atoms with Gasteiger partial charge in [-0.15, -0.1) is 0 Å². The second-order valence-corrected chi connectivity index (χ2v) is 3.94. The maximum absolute atomic E-state index is 11.9. The molecule has 8 nitrogen and oxygen atoms in total. The second kappa shape index (κ2) is 5.34. The molecule has 0 radical (unpaired) electrons. The highest BCUT2D eigenvalue weighted by atomic mass is 16.5. The minimum absolute atomic E-state index is 0.116. The zero-order valence-electron chi connectivity index (χ0n) is 10.1. The Hall–Kier alpha value is -2.64. The minimum atomic E-state index is -1.13. The number of aryl methyl sites for hydroxylation is 1. The van der Waals surface area contributed by atoms with Gasteiger partial charge in [-0.2, -0.15) is 0 Å². The number of aromatic nitrogens is 3. The number of carbonyl (C=O) groups excluding carboxylic acids is 1. The Bertz CT molecular complexity index is 575. The fourth-order valence-electron chi connectivity index (χ4n) is 1.57. The smallest absolute Gasteiger partial charge is 0.326 e. The number of carboxylic acid groups (broad SMARTS) is 1. The lowest BCUT2D eigenvalue weighted by molar-refractivity contribution is -0.139. The summed E-state index contributed by atoms with van der Waals surface area (Å²) >= 11 is 0. The molecule has 2 aromatic rings. The van der Waals surface area contributed by atoms with Gasteiger partial charge in [0.25, 0.3) is 5.91 Å². The quantitative estimate of drug-likeness (QED) is 0.705. The van der Waals surface area contributed by atoms with Crippen LogP contribution in [0.4, 0.5) is 0 Å². The molecule has 2 heterocycles. The zero-order valence-corrected chi connectivity index (χ0v) is 10.1. The molecule has 0 aliphatic heterocycles. The van der Waals surface area contributed by atoms with Crippen molar-refractivity contribution < 1.29 is 19.2 Å². The number of hydrogen-bond donors (Lipinski definition) is 3. The molecular formula is C11H12N4O4. The monoisotopic (exact) mass is 264 g/mol. The normalized spacial score (nSPS) is 12.1. The van der Waals surface area contributed by atoms with Crippen molar-refractivity contribution >= 4 is 11.9 Å². The molecule has 0 aromatic carbocycles. The van der Waals surface area contributed by atoms with E-state index in [2.05, 4.69) is 20.4 Å². The Morgan fingerprint density at radius 3 is 2.84 bits per heavy atom. The Kier molecular flexibility index (Phi) is 3.60. The zero-order chi connectivity index (χ0) is 13.8. The third kappa shape index (κ3) is 2.97. The highest BCUT2D eigenvalue weighted by Crippen LogP contribution is 2.07. The van der Waals surface area contributed by atoms with E-state index in [0.29, 0.717) is 11.5 Å². The number of aromatic amines is 1. The molecule has 0 aliphatic carbocycles. The first-order valence-corrected chi connectivity index (χ1v) is 5.50. The van der Waals surface area contributed by atoms with Gasteiger partial charge in [0.05, 0.1) is 12.5 Å². The third-order valence-electron chi connectivity index (χ3n) is 2.58. The average Bonchev–Trinajstić information content (AvgIpc) is 2.99. The van der Waals surface area contributed by atoms with Crippen LogP contribution in [0.25, 0.3) is 0 Å². The summed E-state index contributed by atoms with van der Waals surface area (Å²) in [5, 5.41) is 15.0. The first-order chi connectivity index (χ1) is 9.08. The lowest BCUT2D eigenvalue weighted by Crippen LogP contribution is -2.42. The number of imidazole rings is 1. The number of rotatable bonds is 5. The maximum Gasteiger partial charge on any atom is 0.326 e. The predicted molar refractivity (Wildman–Crippen MR) is 62.4 cm³/mol. The van der Waals surface area contributed by atoms with Crippen molar-refractivity contribution in [3.8, 4) is 0 Å². The molecule has 0 saturated heterocycles. The van der Waals surface area contributed by atoms with Crippen molar-refractivity contribution in [1.82, 2.24) is 20.4 Å². The standard InChI is InChI=1S/C11H12N4O4/c1-6-8(4-14-19-6)10(16)15-9(11(17)18)2-7-3-12-5-13-7/h3-5,9H,2H2,1H3,(H,12,13)(H,15,16)(H,17,18). The Morgan fingerprint density at radius 1 is 1.53 bits per heavy atom. The van der Waals surface area contributed by atoms with E-state index in [1.807, 2.05) is 0 Å². The van der Waals surface area contributed by atoms with Gasteiger partial charge in [-0.05, 0) is 6.92 Å². The first kappa shape index (κ1) is 12.8. The van der Waals surface area contributed by atoms with Gasteiger partial charge in [0.1, 0.15) is 17.4 Å². The van der Waals surface area contributed by atoms with Gasteiger partial charge in [-0.1, -0.05) is 5.16 Å². The summed E-state index contributed by atoms with van der Waals surface area (Å²) in [6.07, 6.45) is 4.32. The number of carbonyl (C=O) groups is 2. The fourth-order valence-corrected chi connectivity index (χ4v) is 1.57. The summed E-state index contributed by atoms with van der Waals surface area (Å²) in [5.74, 6) is -1.33. The van der Waals surface area contributed by atoms with Crippen LogP contribution < -0.4 is 5.32 Å². The van der Waals surface area contributed by atoms with Gasteiger partial charge in [0, 0.05) is 18.3 Å². The number of H-pyrrole nitrogens is 1. The summed E-state index contributed by atoms with van der Waals surface area (Å²) < 4.78 is 4.76. The van der Waals surface area contributed by atoms with E-state index in [-0.39, 0.29) is 12.0 Å². The molecule has 100 valence electrons. The van der Waals surface area contributed by atoms with Crippen molar-refractivity contribution in [2.75, 3.05) is 0 Å². The van der Waals surface area contributed by atoms with Crippen molar-refractivity contribution in [2.24, 2.45) is 0 Å². The van der Waals surface area contributed by atoms with Gasteiger partial charge in [-0.3, -0.25) is 4.79 Å². The molecule has 0 aliphatic rings. The summed E-state index contributed by atoms with van der Waals surface area (Å²) in [7, 11) is 0. The van der Waals surface area contributed by atoms with Gasteiger partial charge in [0.2, 0.25) is 0 Å². The van der Waals surface area contributed by atoms with E-state index >= 15 is 0 Å². The first-order valence-electron chi connectivity index (χ1n) is 5.50. The van der Waals surface area contributed by atoms with Crippen LogP contribution in [-0.2, 0) is 11.2 Å². The van der Waals surface area contributed by atoms with Gasteiger partial charge >= 0.3 is 5.97 Å². The van der Waals surface area contributed by atoms with E-state index in [9.17, 15) is 9.59 Å². The number of aliphatic carboxylic acids is 1. The van der Waals surface area contributed by atoms with Gasteiger partial charge in [0.15, 0.2) is 0 Å². The molecule has 0 bridgehead atoms. The molecule has 1 unspecified atom stereocenters. The molecule has 8 heteroatoms. The number of amides is 1.